The Kier molecular flexibility index (Phi) is 5.95. The molecule has 2 aromatic carbocycles. The molecule has 0 aromatic heterocycles. The number of hydrogen-bond donors (Lipinski definition) is 1. The van der Waals surface area contributed by atoms with Gasteiger partial charge >= 0.3 is 0 Å². The Morgan fingerprint density at radius 1 is 1.00 bits per heavy atom. The Hall–Kier alpha value is -2.16. The van der Waals surface area contributed by atoms with E-state index in [1.807, 2.05) is 36.4 Å². The average Bonchev–Trinajstić information content (AvgIpc) is 2.54. The number of methoxy groups -OCH3 is 1. The fourth-order valence-corrected chi connectivity index (χ4v) is 2.02. The van der Waals surface area contributed by atoms with Crippen LogP contribution in [-0.4, -0.2) is 13.7 Å². The van der Waals surface area contributed by atoms with Gasteiger partial charge in [0.1, 0.15) is 11.5 Å². The van der Waals surface area contributed by atoms with Crippen LogP contribution in [0.25, 0.3) is 0 Å². The summed E-state index contributed by atoms with van der Waals surface area (Å²) < 4.78 is 10.9. The SMILES string of the molecule is CCCCOc1cccc(CNc2cccc(OC)c2)c1. The maximum absolute atomic E-state index is 5.73. The summed E-state index contributed by atoms with van der Waals surface area (Å²) in [5.74, 6) is 1.80. The highest BCUT2D eigenvalue weighted by Gasteiger charge is 1.99. The number of unbranched alkanes of at least 4 members (excludes halogenated alkanes) is 1. The van der Waals surface area contributed by atoms with Crippen LogP contribution in [0.4, 0.5) is 5.69 Å². The normalized spacial score (nSPS) is 10.2. The van der Waals surface area contributed by atoms with Gasteiger partial charge in [-0.3, -0.25) is 0 Å². The van der Waals surface area contributed by atoms with Gasteiger partial charge in [-0.2, -0.15) is 0 Å². The Balaban J connectivity index is 1.91. The molecule has 21 heavy (non-hydrogen) atoms. The van der Waals surface area contributed by atoms with Crippen LogP contribution in [0.5, 0.6) is 11.5 Å². The third kappa shape index (κ3) is 5.03. The lowest BCUT2D eigenvalue weighted by atomic mass is 10.2. The fourth-order valence-electron chi connectivity index (χ4n) is 2.02. The van der Waals surface area contributed by atoms with Gasteiger partial charge in [-0.15, -0.1) is 0 Å². The smallest absolute Gasteiger partial charge is 0.120 e. The molecule has 0 spiro atoms. The summed E-state index contributed by atoms with van der Waals surface area (Å²) in [5, 5.41) is 3.39. The van der Waals surface area contributed by atoms with Crippen LogP contribution in [0.1, 0.15) is 25.3 Å². The minimum absolute atomic E-state index is 0.762. The molecule has 0 atom stereocenters. The van der Waals surface area contributed by atoms with Crippen molar-refractivity contribution in [2.45, 2.75) is 26.3 Å². The lowest BCUT2D eigenvalue weighted by Gasteiger charge is -2.10. The lowest BCUT2D eigenvalue weighted by molar-refractivity contribution is 0.309. The van der Waals surface area contributed by atoms with Gasteiger partial charge in [0, 0.05) is 18.3 Å². The minimum atomic E-state index is 0.762. The summed E-state index contributed by atoms with van der Waals surface area (Å²) in [5.41, 5.74) is 2.25. The first-order chi connectivity index (χ1) is 10.3. The average molecular weight is 285 g/mol. The summed E-state index contributed by atoms with van der Waals surface area (Å²) in [6.45, 7) is 3.71. The Morgan fingerprint density at radius 2 is 1.81 bits per heavy atom. The molecule has 0 amide bonds. The first-order valence-corrected chi connectivity index (χ1v) is 7.41. The summed E-state index contributed by atoms with van der Waals surface area (Å²) >= 11 is 0. The number of benzene rings is 2. The molecular weight excluding hydrogens is 262 g/mol. The minimum Gasteiger partial charge on any atom is -0.497 e. The number of ether oxygens (including phenoxy) is 2. The van der Waals surface area contributed by atoms with Crippen molar-refractivity contribution in [1.29, 1.82) is 0 Å². The van der Waals surface area contributed by atoms with E-state index in [4.69, 9.17) is 9.47 Å². The van der Waals surface area contributed by atoms with Crippen LogP contribution < -0.4 is 14.8 Å². The van der Waals surface area contributed by atoms with Crippen LogP contribution in [-0.2, 0) is 6.54 Å². The highest BCUT2D eigenvalue weighted by Crippen LogP contribution is 2.19. The second kappa shape index (κ2) is 8.20. The summed E-state index contributed by atoms with van der Waals surface area (Å²) in [4.78, 5) is 0. The van der Waals surface area contributed by atoms with E-state index in [1.165, 1.54) is 5.56 Å². The maximum Gasteiger partial charge on any atom is 0.120 e. The first-order valence-electron chi connectivity index (χ1n) is 7.41. The van der Waals surface area contributed by atoms with Gasteiger partial charge in [0.05, 0.1) is 13.7 Å². The van der Waals surface area contributed by atoms with Crippen LogP contribution >= 0.6 is 0 Å². The zero-order chi connectivity index (χ0) is 14.9. The summed E-state index contributed by atoms with van der Waals surface area (Å²) in [7, 11) is 1.68. The Morgan fingerprint density at radius 3 is 2.62 bits per heavy atom. The van der Waals surface area contributed by atoms with Crippen LogP contribution in [0.15, 0.2) is 48.5 Å². The molecule has 0 aliphatic carbocycles. The third-order valence-corrected chi connectivity index (χ3v) is 3.23. The van der Waals surface area contributed by atoms with Gasteiger partial charge in [-0.05, 0) is 36.2 Å². The predicted octanol–water partition coefficient (Wildman–Crippen LogP) is 4.49. The van der Waals surface area contributed by atoms with Gasteiger partial charge in [0.15, 0.2) is 0 Å². The van der Waals surface area contributed by atoms with E-state index in [0.717, 1.165) is 43.2 Å². The van der Waals surface area contributed by atoms with Crippen molar-refractivity contribution in [2.24, 2.45) is 0 Å². The topological polar surface area (TPSA) is 30.5 Å². The van der Waals surface area contributed by atoms with E-state index in [-0.39, 0.29) is 0 Å². The van der Waals surface area contributed by atoms with Crippen molar-refractivity contribution in [2.75, 3.05) is 19.0 Å². The van der Waals surface area contributed by atoms with E-state index in [9.17, 15) is 0 Å². The number of nitrogens with one attached hydrogen (secondary N) is 1. The van der Waals surface area contributed by atoms with Crippen molar-refractivity contribution in [3.8, 4) is 11.5 Å². The van der Waals surface area contributed by atoms with E-state index in [2.05, 4.69) is 24.4 Å². The molecule has 3 heteroatoms. The quantitative estimate of drug-likeness (QED) is 0.725. The highest BCUT2D eigenvalue weighted by atomic mass is 16.5. The van der Waals surface area contributed by atoms with Crippen molar-refractivity contribution in [1.82, 2.24) is 0 Å². The molecule has 0 saturated carbocycles. The molecule has 0 aliphatic heterocycles. The van der Waals surface area contributed by atoms with E-state index < -0.39 is 0 Å². The molecule has 0 saturated heterocycles. The molecule has 0 fully saturated rings. The molecule has 1 N–H and O–H groups in total. The van der Waals surface area contributed by atoms with Gasteiger partial charge in [0.25, 0.3) is 0 Å². The standard InChI is InChI=1S/C18H23NO2/c1-3-4-11-21-18-10-5-7-15(12-18)14-19-16-8-6-9-17(13-16)20-2/h5-10,12-13,19H,3-4,11,14H2,1-2H3. The molecule has 0 unspecified atom stereocenters. The van der Waals surface area contributed by atoms with Crippen molar-refractivity contribution in [3.63, 3.8) is 0 Å². The van der Waals surface area contributed by atoms with E-state index in [0.29, 0.717) is 0 Å². The van der Waals surface area contributed by atoms with Gasteiger partial charge in [-0.25, -0.2) is 0 Å². The number of rotatable bonds is 8. The molecule has 3 nitrogen and oxygen atoms in total. The predicted molar refractivity (Wildman–Crippen MR) is 87.2 cm³/mol. The number of anilines is 1. The van der Waals surface area contributed by atoms with Gasteiger partial charge < -0.3 is 14.8 Å². The third-order valence-electron chi connectivity index (χ3n) is 3.23. The molecule has 112 valence electrons. The summed E-state index contributed by atoms with van der Waals surface area (Å²) in [6.07, 6.45) is 2.24. The zero-order valence-electron chi connectivity index (χ0n) is 12.8. The molecule has 0 bridgehead atoms. The molecule has 2 aromatic rings. The maximum atomic E-state index is 5.73. The Labute approximate surface area is 126 Å². The van der Waals surface area contributed by atoms with Crippen LogP contribution in [0, 0.1) is 0 Å². The van der Waals surface area contributed by atoms with Crippen molar-refractivity contribution < 1.29 is 9.47 Å². The molecule has 0 heterocycles. The lowest BCUT2D eigenvalue weighted by Crippen LogP contribution is -2.01. The first kappa shape index (κ1) is 15.2. The second-order valence-corrected chi connectivity index (χ2v) is 4.93. The van der Waals surface area contributed by atoms with Crippen LogP contribution in [0.2, 0.25) is 0 Å². The molecule has 0 radical (unpaired) electrons. The van der Waals surface area contributed by atoms with Crippen molar-refractivity contribution in [3.05, 3.63) is 54.1 Å². The largest absolute Gasteiger partial charge is 0.497 e. The monoisotopic (exact) mass is 285 g/mol. The molecule has 0 aliphatic rings. The second-order valence-electron chi connectivity index (χ2n) is 4.93. The summed E-state index contributed by atoms with van der Waals surface area (Å²) in [6, 6.07) is 16.2. The number of hydrogen-bond acceptors (Lipinski definition) is 3. The Bertz CT molecular complexity index is 554. The highest BCUT2D eigenvalue weighted by molar-refractivity contribution is 5.48. The zero-order valence-corrected chi connectivity index (χ0v) is 12.8. The van der Waals surface area contributed by atoms with Gasteiger partial charge in [-0.1, -0.05) is 31.5 Å². The van der Waals surface area contributed by atoms with Crippen molar-refractivity contribution >= 4 is 5.69 Å². The fraction of sp³-hybridized carbons (Fsp3) is 0.333. The van der Waals surface area contributed by atoms with E-state index >= 15 is 0 Å². The molecule has 2 rings (SSSR count). The van der Waals surface area contributed by atoms with E-state index in [1.54, 1.807) is 7.11 Å². The molecular formula is C18H23NO2. The van der Waals surface area contributed by atoms with Crippen LogP contribution in [0.3, 0.4) is 0 Å². The van der Waals surface area contributed by atoms with Gasteiger partial charge in [0.2, 0.25) is 0 Å².